The number of amides is 1. The first-order valence-corrected chi connectivity index (χ1v) is 7.26. The molecule has 0 atom stereocenters. The molecule has 1 saturated carbocycles. The van der Waals surface area contributed by atoms with E-state index in [4.69, 9.17) is 5.11 Å². The molecule has 0 aromatic heterocycles. The largest absolute Gasteiger partial charge is 0.480 e. The van der Waals surface area contributed by atoms with E-state index in [9.17, 15) is 9.59 Å². The van der Waals surface area contributed by atoms with Crippen LogP contribution in [0.3, 0.4) is 0 Å². The van der Waals surface area contributed by atoms with Gasteiger partial charge in [0.2, 0.25) is 5.91 Å². The van der Waals surface area contributed by atoms with Gasteiger partial charge in [0.15, 0.2) is 0 Å². The molecule has 1 aromatic rings. The number of carbonyl (C=O) groups is 2. The second kappa shape index (κ2) is 6.12. The standard InChI is InChI=1S/C17H21NO3/c1-12(2)14-7-4-13(5-8-14)6-9-15(19)18-17(16(20)21)10-3-11-17/h4-9,12H,3,10-11H2,1-2H3,(H,18,19)(H,20,21)/b9-6+. The zero-order valence-electron chi connectivity index (χ0n) is 12.4. The highest BCUT2D eigenvalue weighted by Crippen LogP contribution is 2.32. The first-order chi connectivity index (χ1) is 9.93. The topological polar surface area (TPSA) is 66.4 Å². The molecule has 4 nitrogen and oxygen atoms in total. The maximum atomic E-state index is 11.8. The van der Waals surface area contributed by atoms with Crippen LogP contribution in [0.15, 0.2) is 30.3 Å². The van der Waals surface area contributed by atoms with E-state index >= 15 is 0 Å². The summed E-state index contributed by atoms with van der Waals surface area (Å²) in [5.74, 6) is -0.831. The molecule has 1 fully saturated rings. The van der Waals surface area contributed by atoms with E-state index in [0.29, 0.717) is 18.8 Å². The SMILES string of the molecule is CC(C)c1ccc(/C=C/C(=O)NC2(C(=O)O)CCC2)cc1. The smallest absolute Gasteiger partial charge is 0.329 e. The molecule has 0 spiro atoms. The van der Waals surface area contributed by atoms with E-state index in [2.05, 4.69) is 19.2 Å². The summed E-state index contributed by atoms with van der Waals surface area (Å²) in [7, 11) is 0. The Bertz CT molecular complexity index is 554. The average Bonchev–Trinajstić information content (AvgIpc) is 2.40. The summed E-state index contributed by atoms with van der Waals surface area (Å²) in [5, 5.41) is 11.8. The van der Waals surface area contributed by atoms with E-state index < -0.39 is 11.5 Å². The monoisotopic (exact) mass is 287 g/mol. The van der Waals surface area contributed by atoms with Crippen molar-refractivity contribution < 1.29 is 14.7 Å². The molecule has 1 aromatic carbocycles. The number of hydrogen-bond donors (Lipinski definition) is 2. The van der Waals surface area contributed by atoms with Crippen LogP contribution in [0.2, 0.25) is 0 Å². The fraction of sp³-hybridized carbons (Fsp3) is 0.412. The molecule has 0 bridgehead atoms. The highest BCUT2D eigenvalue weighted by molar-refractivity contribution is 5.96. The van der Waals surface area contributed by atoms with Crippen LogP contribution in [0.1, 0.15) is 50.2 Å². The van der Waals surface area contributed by atoms with Crippen molar-refractivity contribution in [1.29, 1.82) is 0 Å². The van der Waals surface area contributed by atoms with E-state index in [1.54, 1.807) is 6.08 Å². The lowest BCUT2D eigenvalue weighted by Crippen LogP contribution is -2.58. The van der Waals surface area contributed by atoms with Crippen molar-refractivity contribution in [3.63, 3.8) is 0 Å². The Kier molecular flexibility index (Phi) is 4.46. The van der Waals surface area contributed by atoms with Crippen LogP contribution in [0.25, 0.3) is 6.08 Å². The molecule has 1 aliphatic carbocycles. The lowest BCUT2D eigenvalue weighted by molar-refractivity contribution is -0.151. The Hall–Kier alpha value is -2.10. The van der Waals surface area contributed by atoms with Crippen molar-refractivity contribution in [2.24, 2.45) is 0 Å². The van der Waals surface area contributed by atoms with Crippen LogP contribution in [-0.4, -0.2) is 22.5 Å². The van der Waals surface area contributed by atoms with Gasteiger partial charge in [-0.05, 0) is 42.4 Å². The number of nitrogens with one attached hydrogen (secondary N) is 1. The van der Waals surface area contributed by atoms with Crippen LogP contribution >= 0.6 is 0 Å². The van der Waals surface area contributed by atoms with Crippen LogP contribution in [0.5, 0.6) is 0 Å². The van der Waals surface area contributed by atoms with E-state index in [1.165, 1.54) is 11.6 Å². The summed E-state index contributed by atoms with van der Waals surface area (Å²) in [5.41, 5.74) is 1.12. The molecular formula is C17H21NO3. The molecule has 4 heteroatoms. The first kappa shape index (κ1) is 15.3. The molecule has 0 unspecified atom stereocenters. The number of carboxylic acid groups (broad SMARTS) is 1. The second-order valence-electron chi connectivity index (χ2n) is 5.88. The third kappa shape index (κ3) is 3.51. The fourth-order valence-electron chi connectivity index (χ4n) is 2.36. The van der Waals surface area contributed by atoms with Crippen LogP contribution in [0.4, 0.5) is 0 Å². The Morgan fingerprint density at radius 3 is 2.29 bits per heavy atom. The van der Waals surface area contributed by atoms with Gasteiger partial charge in [-0.25, -0.2) is 4.79 Å². The number of hydrogen-bond acceptors (Lipinski definition) is 2. The van der Waals surface area contributed by atoms with Crippen molar-refractivity contribution in [3.8, 4) is 0 Å². The number of carboxylic acids is 1. The lowest BCUT2D eigenvalue weighted by Gasteiger charge is -2.37. The van der Waals surface area contributed by atoms with Gasteiger partial charge in [-0.3, -0.25) is 4.79 Å². The lowest BCUT2D eigenvalue weighted by atomic mass is 9.77. The van der Waals surface area contributed by atoms with Crippen molar-refractivity contribution in [2.75, 3.05) is 0 Å². The minimum Gasteiger partial charge on any atom is -0.480 e. The summed E-state index contributed by atoms with van der Waals surface area (Å²) >= 11 is 0. The van der Waals surface area contributed by atoms with Gasteiger partial charge in [-0.1, -0.05) is 38.1 Å². The zero-order chi connectivity index (χ0) is 15.5. The Morgan fingerprint density at radius 1 is 1.24 bits per heavy atom. The fourth-order valence-corrected chi connectivity index (χ4v) is 2.36. The minimum absolute atomic E-state index is 0.356. The highest BCUT2D eigenvalue weighted by Gasteiger charge is 2.45. The predicted molar refractivity (Wildman–Crippen MR) is 81.9 cm³/mol. The average molecular weight is 287 g/mol. The Morgan fingerprint density at radius 2 is 1.86 bits per heavy atom. The van der Waals surface area contributed by atoms with Gasteiger partial charge in [0, 0.05) is 6.08 Å². The van der Waals surface area contributed by atoms with Gasteiger partial charge in [-0.15, -0.1) is 0 Å². The van der Waals surface area contributed by atoms with Crippen LogP contribution < -0.4 is 5.32 Å². The van der Waals surface area contributed by atoms with E-state index in [0.717, 1.165) is 12.0 Å². The maximum absolute atomic E-state index is 11.8. The molecular weight excluding hydrogens is 266 g/mol. The Labute approximate surface area is 124 Å². The Balaban J connectivity index is 1.97. The van der Waals surface area contributed by atoms with Crippen LogP contribution in [0, 0.1) is 0 Å². The third-order valence-corrected chi connectivity index (χ3v) is 4.01. The normalized spacial score (nSPS) is 16.7. The third-order valence-electron chi connectivity index (χ3n) is 4.01. The molecule has 0 saturated heterocycles. The van der Waals surface area contributed by atoms with E-state index in [1.807, 2.05) is 24.3 Å². The first-order valence-electron chi connectivity index (χ1n) is 7.26. The molecule has 1 aliphatic rings. The van der Waals surface area contributed by atoms with Gasteiger partial charge < -0.3 is 10.4 Å². The van der Waals surface area contributed by atoms with Crippen molar-refractivity contribution in [2.45, 2.75) is 44.6 Å². The highest BCUT2D eigenvalue weighted by atomic mass is 16.4. The minimum atomic E-state index is -1.05. The molecule has 2 rings (SSSR count). The summed E-state index contributed by atoms with van der Waals surface area (Å²) in [6.07, 6.45) is 4.95. The van der Waals surface area contributed by atoms with Gasteiger partial charge in [0.25, 0.3) is 0 Å². The molecule has 0 heterocycles. The van der Waals surface area contributed by atoms with Gasteiger partial charge >= 0.3 is 5.97 Å². The summed E-state index contributed by atoms with van der Waals surface area (Å²) in [6, 6.07) is 7.98. The predicted octanol–water partition coefficient (Wildman–Crippen LogP) is 2.95. The van der Waals surface area contributed by atoms with Gasteiger partial charge in [0.05, 0.1) is 0 Å². The molecule has 0 radical (unpaired) electrons. The number of aliphatic carboxylic acids is 1. The number of benzene rings is 1. The number of rotatable bonds is 5. The zero-order valence-corrected chi connectivity index (χ0v) is 12.4. The molecule has 0 aliphatic heterocycles. The maximum Gasteiger partial charge on any atom is 0.329 e. The molecule has 1 amide bonds. The quantitative estimate of drug-likeness (QED) is 0.818. The van der Waals surface area contributed by atoms with Crippen molar-refractivity contribution in [1.82, 2.24) is 5.32 Å². The van der Waals surface area contributed by atoms with Gasteiger partial charge in [0.1, 0.15) is 5.54 Å². The summed E-state index contributed by atoms with van der Waals surface area (Å²) in [6.45, 7) is 4.25. The van der Waals surface area contributed by atoms with Crippen molar-refractivity contribution >= 4 is 18.0 Å². The number of carbonyl (C=O) groups excluding carboxylic acids is 1. The summed E-state index contributed by atoms with van der Waals surface area (Å²) in [4.78, 5) is 23.0. The molecule has 21 heavy (non-hydrogen) atoms. The van der Waals surface area contributed by atoms with E-state index in [-0.39, 0.29) is 5.91 Å². The second-order valence-corrected chi connectivity index (χ2v) is 5.88. The molecule has 2 N–H and O–H groups in total. The van der Waals surface area contributed by atoms with Crippen LogP contribution in [-0.2, 0) is 9.59 Å². The van der Waals surface area contributed by atoms with Gasteiger partial charge in [-0.2, -0.15) is 0 Å². The summed E-state index contributed by atoms with van der Waals surface area (Å²) < 4.78 is 0. The van der Waals surface area contributed by atoms with Crippen molar-refractivity contribution in [3.05, 3.63) is 41.5 Å². The molecule has 112 valence electrons.